The summed E-state index contributed by atoms with van der Waals surface area (Å²) < 4.78 is 42.0. The van der Waals surface area contributed by atoms with Gasteiger partial charge in [0.15, 0.2) is 5.96 Å². The first-order valence-corrected chi connectivity index (χ1v) is 9.25. The number of hydrogen-bond donors (Lipinski definition) is 3. The first-order valence-electron chi connectivity index (χ1n) is 9.25. The second-order valence-electron chi connectivity index (χ2n) is 6.47. The van der Waals surface area contributed by atoms with Crippen molar-refractivity contribution >= 4 is 29.9 Å². The van der Waals surface area contributed by atoms with E-state index in [9.17, 15) is 18.3 Å². The molecule has 0 aliphatic rings. The fraction of sp³-hybridized carbons (Fsp3) is 0.632. The fourth-order valence-electron chi connectivity index (χ4n) is 2.35. The summed E-state index contributed by atoms with van der Waals surface area (Å²) in [6, 6.07) is 7.21. The van der Waals surface area contributed by atoms with Gasteiger partial charge in [-0.15, -0.1) is 24.0 Å². The molecular formula is C19H31F3IN3O2. The van der Waals surface area contributed by atoms with E-state index < -0.39 is 18.7 Å². The van der Waals surface area contributed by atoms with E-state index in [1.165, 1.54) is 0 Å². The third-order valence-corrected chi connectivity index (χ3v) is 3.56. The number of nitrogens with zero attached hydrogens (tertiary/aromatic N) is 1. The van der Waals surface area contributed by atoms with Gasteiger partial charge in [-0.2, -0.15) is 13.2 Å². The molecule has 0 aliphatic carbocycles. The van der Waals surface area contributed by atoms with E-state index in [1.54, 1.807) is 12.1 Å². The maximum absolute atomic E-state index is 12.1. The number of benzene rings is 1. The Labute approximate surface area is 182 Å². The van der Waals surface area contributed by atoms with E-state index >= 15 is 0 Å². The van der Waals surface area contributed by atoms with E-state index in [4.69, 9.17) is 4.74 Å². The molecule has 0 amide bonds. The van der Waals surface area contributed by atoms with E-state index in [0.717, 1.165) is 0 Å². The fourth-order valence-corrected chi connectivity index (χ4v) is 2.35. The third-order valence-electron chi connectivity index (χ3n) is 3.56. The number of unbranched alkanes of at least 4 members (excludes halogenated alkanes) is 1. The first-order chi connectivity index (χ1) is 12.7. The smallest absolute Gasteiger partial charge is 0.389 e. The maximum Gasteiger partial charge on any atom is 0.389 e. The van der Waals surface area contributed by atoms with Gasteiger partial charge in [0.2, 0.25) is 0 Å². The van der Waals surface area contributed by atoms with E-state index in [2.05, 4.69) is 15.6 Å². The minimum Gasteiger partial charge on any atom is -0.491 e. The summed E-state index contributed by atoms with van der Waals surface area (Å²) in [5, 5.41) is 16.4. The summed E-state index contributed by atoms with van der Waals surface area (Å²) in [5.41, 5.74) is 0.693. The molecule has 1 aromatic carbocycles. The molecule has 0 spiro atoms. The summed E-state index contributed by atoms with van der Waals surface area (Å²) >= 11 is 0. The number of nitrogens with one attached hydrogen (secondary N) is 2. The number of aliphatic hydroxyl groups excluding tert-OH is 1. The highest BCUT2D eigenvalue weighted by atomic mass is 127. The van der Waals surface area contributed by atoms with Crippen LogP contribution in [0.25, 0.3) is 0 Å². The Morgan fingerprint density at radius 3 is 2.54 bits per heavy atom. The molecule has 0 saturated carbocycles. The molecule has 9 heteroatoms. The summed E-state index contributed by atoms with van der Waals surface area (Å²) in [6.07, 6.45) is -5.20. The second-order valence-corrected chi connectivity index (χ2v) is 6.47. The van der Waals surface area contributed by atoms with Gasteiger partial charge in [-0.1, -0.05) is 12.1 Å². The normalized spacial score (nSPS) is 13.1. The number of rotatable bonds is 10. The molecule has 0 heterocycles. The number of aliphatic hydroxyl groups is 1. The standard InChI is InChI=1S/C19H30F3N3O2.HI/c1-4-23-18(24-11-6-5-10-19(20,21)22)25-13-17(26)15-8-7-9-16(12-15)27-14(2)3;/h7-9,12,14,17,26H,4-6,10-11,13H2,1-3H3,(H2,23,24,25);1H. The van der Waals surface area contributed by atoms with Crippen LogP contribution in [0.15, 0.2) is 29.3 Å². The molecular weight excluding hydrogens is 486 g/mol. The zero-order chi connectivity index (χ0) is 20.3. The minimum atomic E-state index is -4.11. The highest BCUT2D eigenvalue weighted by Crippen LogP contribution is 2.22. The zero-order valence-electron chi connectivity index (χ0n) is 16.6. The zero-order valence-corrected chi connectivity index (χ0v) is 18.9. The second kappa shape index (κ2) is 13.9. The van der Waals surface area contributed by atoms with Gasteiger partial charge in [0, 0.05) is 19.5 Å². The molecule has 0 aromatic heterocycles. The lowest BCUT2D eigenvalue weighted by Crippen LogP contribution is -2.38. The molecule has 0 bridgehead atoms. The predicted molar refractivity (Wildman–Crippen MR) is 116 cm³/mol. The molecule has 28 heavy (non-hydrogen) atoms. The van der Waals surface area contributed by atoms with Gasteiger partial charge in [0.25, 0.3) is 0 Å². The highest BCUT2D eigenvalue weighted by molar-refractivity contribution is 14.0. The topological polar surface area (TPSA) is 65.9 Å². The number of ether oxygens (including phenoxy) is 1. The monoisotopic (exact) mass is 517 g/mol. The molecule has 1 aromatic rings. The summed E-state index contributed by atoms with van der Waals surface area (Å²) in [6.45, 7) is 6.87. The van der Waals surface area contributed by atoms with Crippen molar-refractivity contribution in [2.24, 2.45) is 4.99 Å². The number of hydrogen-bond acceptors (Lipinski definition) is 3. The summed E-state index contributed by atoms with van der Waals surface area (Å²) in [7, 11) is 0. The Kier molecular flexibility index (Phi) is 13.3. The predicted octanol–water partition coefficient (Wildman–Crippen LogP) is 4.41. The van der Waals surface area contributed by atoms with Crippen molar-refractivity contribution in [2.75, 3.05) is 19.6 Å². The van der Waals surface area contributed by atoms with Crippen molar-refractivity contribution in [3.8, 4) is 5.75 Å². The molecule has 0 radical (unpaired) electrons. The van der Waals surface area contributed by atoms with Crippen LogP contribution in [-0.2, 0) is 0 Å². The Hall–Kier alpha value is -1.23. The molecule has 5 nitrogen and oxygen atoms in total. The van der Waals surface area contributed by atoms with Crippen LogP contribution in [-0.4, -0.2) is 43.0 Å². The van der Waals surface area contributed by atoms with Crippen molar-refractivity contribution in [1.82, 2.24) is 10.6 Å². The van der Waals surface area contributed by atoms with Crippen molar-refractivity contribution < 1.29 is 23.0 Å². The van der Waals surface area contributed by atoms with E-state index in [1.807, 2.05) is 32.9 Å². The van der Waals surface area contributed by atoms with Crippen LogP contribution in [0, 0.1) is 0 Å². The molecule has 1 rings (SSSR count). The molecule has 0 saturated heterocycles. The minimum absolute atomic E-state index is 0. The van der Waals surface area contributed by atoms with Crippen LogP contribution in [0.1, 0.15) is 51.7 Å². The molecule has 162 valence electrons. The SMILES string of the molecule is CCNC(=NCC(O)c1cccc(OC(C)C)c1)NCCCCC(F)(F)F.I. The van der Waals surface area contributed by atoms with Gasteiger partial charge in [0.1, 0.15) is 5.75 Å². The lowest BCUT2D eigenvalue weighted by molar-refractivity contribution is -0.135. The van der Waals surface area contributed by atoms with Gasteiger partial charge >= 0.3 is 6.18 Å². The number of alkyl halides is 3. The van der Waals surface area contributed by atoms with Crippen LogP contribution in [0.3, 0.4) is 0 Å². The molecule has 3 N–H and O–H groups in total. The van der Waals surface area contributed by atoms with Crippen molar-refractivity contribution in [3.05, 3.63) is 29.8 Å². The lowest BCUT2D eigenvalue weighted by Gasteiger charge is -2.15. The van der Waals surface area contributed by atoms with Crippen molar-refractivity contribution in [1.29, 1.82) is 0 Å². The molecule has 0 fully saturated rings. The van der Waals surface area contributed by atoms with Crippen molar-refractivity contribution in [2.45, 2.75) is 58.4 Å². The average Bonchev–Trinajstić information content (AvgIpc) is 2.57. The number of halogens is 4. The van der Waals surface area contributed by atoms with Crippen LogP contribution in [0.2, 0.25) is 0 Å². The average molecular weight is 517 g/mol. The Bertz CT molecular complexity index is 584. The Morgan fingerprint density at radius 2 is 1.93 bits per heavy atom. The molecule has 1 atom stereocenters. The van der Waals surface area contributed by atoms with Crippen molar-refractivity contribution in [3.63, 3.8) is 0 Å². The Morgan fingerprint density at radius 1 is 1.21 bits per heavy atom. The molecule has 0 aliphatic heterocycles. The molecule has 1 unspecified atom stereocenters. The number of guanidine groups is 1. The van der Waals surface area contributed by atoms with Gasteiger partial charge in [0.05, 0.1) is 18.8 Å². The van der Waals surface area contributed by atoms with Crippen LogP contribution >= 0.6 is 24.0 Å². The number of aliphatic imine (C=N–C) groups is 1. The van der Waals surface area contributed by atoms with E-state index in [-0.39, 0.29) is 43.0 Å². The van der Waals surface area contributed by atoms with Crippen LogP contribution < -0.4 is 15.4 Å². The van der Waals surface area contributed by atoms with Gasteiger partial charge in [-0.25, -0.2) is 0 Å². The van der Waals surface area contributed by atoms with Crippen LogP contribution in [0.4, 0.5) is 13.2 Å². The lowest BCUT2D eigenvalue weighted by atomic mass is 10.1. The summed E-state index contributed by atoms with van der Waals surface area (Å²) in [4.78, 5) is 4.31. The van der Waals surface area contributed by atoms with E-state index in [0.29, 0.717) is 36.8 Å². The third kappa shape index (κ3) is 12.3. The quantitative estimate of drug-likeness (QED) is 0.186. The Balaban J connectivity index is 0.00000729. The largest absolute Gasteiger partial charge is 0.491 e. The van der Waals surface area contributed by atoms with Crippen LogP contribution in [0.5, 0.6) is 5.75 Å². The first kappa shape index (κ1) is 26.8. The van der Waals surface area contributed by atoms with Gasteiger partial charge < -0.3 is 20.5 Å². The van der Waals surface area contributed by atoms with Gasteiger partial charge in [-0.05, 0) is 51.3 Å². The summed E-state index contributed by atoms with van der Waals surface area (Å²) in [5.74, 6) is 1.15. The maximum atomic E-state index is 12.1. The van der Waals surface area contributed by atoms with Gasteiger partial charge in [-0.3, -0.25) is 4.99 Å². The highest BCUT2D eigenvalue weighted by Gasteiger charge is 2.25.